The van der Waals surface area contributed by atoms with Crippen LogP contribution in [0.1, 0.15) is 22.0 Å². The first kappa shape index (κ1) is 12.7. The molecule has 1 aromatic heterocycles. The van der Waals surface area contributed by atoms with Gasteiger partial charge in [-0.2, -0.15) is 0 Å². The van der Waals surface area contributed by atoms with E-state index in [9.17, 15) is 4.39 Å². The van der Waals surface area contributed by atoms with Gasteiger partial charge in [-0.05, 0) is 46.1 Å². The highest BCUT2D eigenvalue weighted by atomic mass is 79.9. The molecule has 1 unspecified atom stereocenters. The molecule has 0 aliphatic rings. The fourth-order valence-electron chi connectivity index (χ4n) is 1.69. The molecule has 0 aliphatic heterocycles. The number of hydrogen-bond acceptors (Lipinski definition) is 2. The first-order valence-corrected chi connectivity index (χ1v) is 6.98. The van der Waals surface area contributed by atoms with E-state index in [1.54, 1.807) is 24.3 Å². The highest BCUT2D eigenvalue weighted by Gasteiger charge is 2.10. The Balaban J connectivity index is 2.14. The Morgan fingerprint density at radius 2 is 2.18 bits per heavy atom. The molecule has 0 saturated heterocycles. The van der Waals surface area contributed by atoms with E-state index in [0.29, 0.717) is 5.56 Å². The van der Waals surface area contributed by atoms with Gasteiger partial charge >= 0.3 is 0 Å². The van der Waals surface area contributed by atoms with Gasteiger partial charge in [-0.1, -0.05) is 12.1 Å². The topological polar surface area (TPSA) is 26.0 Å². The zero-order chi connectivity index (χ0) is 12.4. The second-order valence-electron chi connectivity index (χ2n) is 4.05. The molecule has 0 fully saturated rings. The van der Waals surface area contributed by atoms with Crippen LogP contribution >= 0.6 is 27.3 Å². The largest absolute Gasteiger partial charge is 0.324 e. The van der Waals surface area contributed by atoms with Crippen LogP contribution < -0.4 is 5.73 Å². The zero-order valence-electron chi connectivity index (χ0n) is 9.41. The molecule has 2 aromatic rings. The molecule has 0 saturated carbocycles. The Hall–Kier alpha value is -0.710. The van der Waals surface area contributed by atoms with Crippen LogP contribution in [-0.4, -0.2) is 0 Å². The predicted octanol–water partition coefficient (Wildman–Crippen LogP) is 4.20. The normalized spacial score (nSPS) is 12.7. The molecule has 1 atom stereocenters. The van der Waals surface area contributed by atoms with Crippen LogP contribution in [0.25, 0.3) is 0 Å². The van der Waals surface area contributed by atoms with E-state index >= 15 is 0 Å². The first-order valence-electron chi connectivity index (χ1n) is 5.31. The van der Waals surface area contributed by atoms with Gasteiger partial charge in [0.1, 0.15) is 5.82 Å². The highest BCUT2D eigenvalue weighted by molar-refractivity contribution is 9.10. The highest BCUT2D eigenvalue weighted by Crippen LogP contribution is 2.25. The number of benzene rings is 1. The van der Waals surface area contributed by atoms with Gasteiger partial charge in [0.05, 0.1) is 0 Å². The summed E-state index contributed by atoms with van der Waals surface area (Å²) in [7, 11) is 0. The summed E-state index contributed by atoms with van der Waals surface area (Å²) >= 11 is 5.10. The summed E-state index contributed by atoms with van der Waals surface area (Å²) in [5.74, 6) is -0.181. The molecule has 1 nitrogen and oxygen atoms in total. The minimum atomic E-state index is -0.181. The van der Waals surface area contributed by atoms with Gasteiger partial charge in [0.15, 0.2) is 0 Å². The maximum Gasteiger partial charge on any atom is 0.126 e. The van der Waals surface area contributed by atoms with Gasteiger partial charge in [-0.3, -0.25) is 0 Å². The van der Waals surface area contributed by atoms with Crippen molar-refractivity contribution < 1.29 is 4.39 Å². The van der Waals surface area contributed by atoms with Gasteiger partial charge in [0, 0.05) is 27.2 Å². The van der Waals surface area contributed by atoms with E-state index in [1.807, 2.05) is 11.4 Å². The minimum Gasteiger partial charge on any atom is -0.324 e. The lowest BCUT2D eigenvalue weighted by Gasteiger charge is -2.11. The number of nitrogens with two attached hydrogens (primary N) is 1. The maximum atomic E-state index is 13.1. The van der Waals surface area contributed by atoms with E-state index in [0.717, 1.165) is 16.5 Å². The van der Waals surface area contributed by atoms with Gasteiger partial charge in [-0.15, -0.1) is 11.3 Å². The van der Waals surface area contributed by atoms with Gasteiger partial charge in [0.25, 0.3) is 0 Å². The zero-order valence-corrected chi connectivity index (χ0v) is 11.8. The van der Waals surface area contributed by atoms with Crippen molar-refractivity contribution >= 4 is 27.3 Å². The van der Waals surface area contributed by atoms with Crippen LogP contribution in [0.4, 0.5) is 4.39 Å². The van der Waals surface area contributed by atoms with Crippen molar-refractivity contribution in [3.05, 3.63) is 55.9 Å². The summed E-state index contributed by atoms with van der Waals surface area (Å²) in [6, 6.07) is 7.05. The summed E-state index contributed by atoms with van der Waals surface area (Å²) < 4.78 is 14.2. The Labute approximate surface area is 113 Å². The SMILES string of the molecule is Cc1cc(C(N)Cc2cc(Br)cs2)ccc1F. The fourth-order valence-corrected chi connectivity index (χ4v) is 3.20. The number of thiophene rings is 1. The van der Waals surface area contributed by atoms with Crippen LogP contribution in [0, 0.1) is 12.7 Å². The molecular formula is C13H13BrFNS. The Kier molecular flexibility index (Phi) is 3.97. The van der Waals surface area contributed by atoms with E-state index in [4.69, 9.17) is 5.73 Å². The lowest BCUT2D eigenvalue weighted by Crippen LogP contribution is -2.13. The van der Waals surface area contributed by atoms with Gasteiger partial charge in [-0.25, -0.2) is 4.39 Å². The van der Waals surface area contributed by atoms with Crippen LogP contribution in [0.15, 0.2) is 34.1 Å². The average molecular weight is 314 g/mol. The lowest BCUT2D eigenvalue weighted by atomic mass is 10.0. The van der Waals surface area contributed by atoms with Gasteiger partial charge < -0.3 is 5.73 Å². The molecule has 17 heavy (non-hydrogen) atoms. The number of rotatable bonds is 3. The van der Waals surface area contributed by atoms with Crippen molar-refractivity contribution in [1.29, 1.82) is 0 Å². The van der Waals surface area contributed by atoms with Gasteiger partial charge in [0.2, 0.25) is 0 Å². The molecule has 0 aliphatic carbocycles. The Morgan fingerprint density at radius 1 is 1.41 bits per heavy atom. The van der Waals surface area contributed by atoms with Crippen LogP contribution in [0.2, 0.25) is 0 Å². The molecule has 2 rings (SSSR count). The predicted molar refractivity (Wildman–Crippen MR) is 73.8 cm³/mol. The quantitative estimate of drug-likeness (QED) is 0.903. The van der Waals surface area contributed by atoms with Crippen molar-refractivity contribution in [3.8, 4) is 0 Å². The molecule has 0 radical (unpaired) electrons. The number of halogens is 2. The maximum absolute atomic E-state index is 13.1. The first-order chi connectivity index (χ1) is 8.06. The number of aryl methyl sites for hydroxylation is 1. The summed E-state index contributed by atoms with van der Waals surface area (Å²) in [6.45, 7) is 1.76. The molecule has 0 amide bonds. The molecule has 1 aromatic carbocycles. The Bertz CT molecular complexity index is 524. The summed E-state index contributed by atoms with van der Waals surface area (Å²) in [5, 5.41) is 2.04. The van der Waals surface area contributed by atoms with Crippen molar-refractivity contribution in [1.82, 2.24) is 0 Å². The summed E-state index contributed by atoms with van der Waals surface area (Å²) in [4.78, 5) is 1.23. The number of hydrogen-bond donors (Lipinski definition) is 1. The fraction of sp³-hybridized carbons (Fsp3) is 0.231. The minimum absolute atomic E-state index is 0.0835. The summed E-state index contributed by atoms with van der Waals surface area (Å²) in [5.41, 5.74) is 7.75. The molecular weight excluding hydrogens is 301 g/mol. The molecule has 0 bridgehead atoms. The second-order valence-corrected chi connectivity index (χ2v) is 5.96. The lowest BCUT2D eigenvalue weighted by molar-refractivity contribution is 0.615. The van der Waals surface area contributed by atoms with E-state index < -0.39 is 0 Å². The van der Waals surface area contributed by atoms with E-state index in [1.165, 1.54) is 10.9 Å². The van der Waals surface area contributed by atoms with Crippen LogP contribution in [0.5, 0.6) is 0 Å². The molecule has 4 heteroatoms. The van der Waals surface area contributed by atoms with Crippen molar-refractivity contribution in [2.24, 2.45) is 5.73 Å². The molecule has 1 heterocycles. The van der Waals surface area contributed by atoms with E-state index in [2.05, 4.69) is 22.0 Å². The van der Waals surface area contributed by atoms with Crippen LogP contribution in [0.3, 0.4) is 0 Å². The van der Waals surface area contributed by atoms with Crippen LogP contribution in [-0.2, 0) is 6.42 Å². The van der Waals surface area contributed by atoms with Crippen molar-refractivity contribution in [2.75, 3.05) is 0 Å². The second kappa shape index (κ2) is 5.29. The Morgan fingerprint density at radius 3 is 2.76 bits per heavy atom. The molecule has 90 valence electrons. The smallest absolute Gasteiger partial charge is 0.126 e. The monoisotopic (exact) mass is 313 g/mol. The third-order valence-corrected chi connectivity index (χ3v) is 4.37. The summed E-state index contributed by atoms with van der Waals surface area (Å²) in [6.07, 6.45) is 0.779. The average Bonchev–Trinajstić information content (AvgIpc) is 2.68. The molecule has 0 spiro atoms. The molecule has 2 N–H and O–H groups in total. The van der Waals surface area contributed by atoms with Crippen molar-refractivity contribution in [2.45, 2.75) is 19.4 Å². The third-order valence-electron chi connectivity index (χ3n) is 2.65. The standard InChI is InChI=1S/C13H13BrFNS/c1-8-4-9(2-3-12(8)15)13(16)6-11-5-10(14)7-17-11/h2-5,7,13H,6,16H2,1H3. The third kappa shape index (κ3) is 3.15. The van der Waals surface area contributed by atoms with E-state index in [-0.39, 0.29) is 11.9 Å². The van der Waals surface area contributed by atoms with Crippen molar-refractivity contribution in [3.63, 3.8) is 0 Å².